The van der Waals surface area contributed by atoms with Crippen LogP contribution in [0.4, 0.5) is 5.88 Å². The SMILES string of the molecule is CC(=O)n1cc(CC(=O)N(C/C=C\I)c2ccco2)c2ccccc21. The molecular weight excluding hydrogens is 431 g/mol. The first-order chi connectivity index (χ1) is 12.1. The highest BCUT2D eigenvalue weighted by atomic mass is 127. The molecule has 0 aliphatic heterocycles. The average molecular weight is 448 g/mol. The summed E-state index contributed by atoms with van der Waals surface area (Å²) in [5.74, 6) is 0.344. The molecule has 3 rings (SSSR count). The number of furan rings is 1. The van der Waals surface area contributed by atoms with Gasteiger partial charge < -0.3 is 4.42 Å². The summed E-state index contributed by atoms with van der Waals surface area (Å²) < 4.78 is 8.84. The van der Waals surface area contributed by atoms with Crippen LogP contribution < -0.4 is 4.90 Å². The molecule has 0 aliphatic carbocycles. The van der Waals surface area contributed by atoms with Crippen molar-refractivity contribution in [3.8, 4) is 0 Å². The van der Waals surface area contributed by atoms with Gasteiger partial charge in [0.25, 0.3) is 0 Å². The summed E-state index contributed by atoms with van der Waals surface area (Å²) >= 11 is 2.12. The summed E-state index contributed by atoms with van der Waals surface area (Å²) in [5, 5.41) is 0.912. The smallest absolute Gasteiger partial charge is 0.234 e. The van der Waals surface area contributed by atoms with Gasteiger partial charge in [0.1, 0.15) is 0 Å². The summed E-state index contributed by atoms with van der Waals surface area (Å²) in [4.78, 5) is 26.3. The first kappa shape index (κ1) is 17.5. The fraction of sp³-hybridized carbons (Fsp3) is 0.158. The number of hydrogen-bond donors (Lipinski definition) is 0. The highest BCUT2D eigenvalue weighted by Crippen LogP contribution is 2.23. The zero-order chi connectivity index (χ0) is 17.8. The Kier molecular flexibility index (Phi) is 5.37. The number of nitrogens with zero attached hydrogens (tertiary/aromatic N) is 2. The molecule has 0 radical (unpaired) electrons. The standard InChI is InChI=1S/C19H17IN2O3/c1-14(23)22-13-15(16-6-2-3-7-17(16)22)12-18(24)21(10-5-9-20)19-8-4-11-25-19/h2-9,11,13H,10,12H2,1H3/b9-5-. The van der Waals surface area contributed by atoms with Crippen LogP contribution in [0, 0.1) is 0 Å². The van der Waals surface area contributed by atoms with Crippen molar-refractivity contribution in [3.05, 3.63) is 64.6 Å². The van der Waals surface area contributed by atoms with Gasteiger partial charge in [0.05, 0.1) is 18.2 Å². The number of benzene rings is 1. The van der Waals surface area contributed by atoms with Crippen LogP contribution in [0.15, 0.2) is 63.4 Å². The molecule has 5 nitrogen and oxygen atoms in total. The van der Waals surface area contributed by atoms with Crippen LogP contribution >= 0.6 is 22.6 Å². The number of aromatic nitrogens is 1. The zero-order valence-electron chi connectivity index (χ0n) is 13.7. The van der Waals surface area contributed by atoms with Crippen LogP contribution in [-0.4, -0.2) is 22.9 Å². The van der Waals surface area contributed by atoms with E-state index in [0.29, 0.717) is 12.4 Å². The molecule has 0 atom stereocenters. The van der Waals surface area contributed by atoms with Crippen molar-refractivity contribution in [1.29, 1.82) is 0 Å². The second-order valence-corrected chi connectivity index (χ2v) is 6.27. The molecule has 0 unspecified atom stereocenters. The van der Waals surface area contributed by atoms with E-state index in [1.54, 1.807) is 34.1 Å². The van der Waals surface area contributed by atoms with Gasteiger partial charge >= 0.3 is 0 Å². The summed E-state index contributed by atoms with van der Waals surface area (Å²) in [6.45, 7) is 1.94. The predicted molar refractivity (Wildman–Crippen MR) is 106 cm³/mol. The highest BCUT2D eigenvalue weighted by molar-refractivity contribution is 14.1. The minimum Gasteiger partial charge on any atom is -0.448 e. The van der Waals surface area contributed by atoms with Crippen LogP contribution in [0.3, 0.4) is 0 Å². The summed E-state index contributed by atoms with van der Waals surface area (Å²) in [6.07, 6.45) is 5.38. The molecule has 2 aromatic heterocycles. The molecule has 0 spiro atoms. The Labute approximate surface area is 159 Å². The maximum absolute atomic E-state index is 12.9. The van der Waals surface area contributed by atoms with Crippen molar-refractivity contribution in [2.45, 2.75) is 13.3 Å². The number of amides is 1. The predicted octanol–water partition coefficient (Wildman–Crippen LogP) is 4.42. The molecule has 0 aliphatic rings. The lowest BCUT2D eigenvalue weighted by atomic mass is 10.1. The number of para-hydroxylation sites is 1. The van der Waals surface area contributed by atoms with Gasteiger partial charge in [0.2, 0.25) is 17.7 Å². The number of anilines is 1. The van der Waals surface area contributed by atoms with Gasteiger partial charge in [-0.25, -0.2) is 0 Å². The third kappa shape index (κ3) is 3.68. The Hall–Kier alpha value is -2.35. The van der Waals surface area contributed by atoms with E-state index in [9.17, 15) is 9.59 Å². The molecule has 2 heterocycles. The normalized spacial score (nSPS) is 11.3. The van der Waals surface area contributed by atoms with Crippen LogP contribution in [0.2, 0.25) is 0 Å². The molecule has 0 N–H and O–H groups in total. The fourth-order valence-electron chi connectivity index (χ4n) is 2.79. The van der Waals surface area contributed by atoms with Gasteiger partial charge in [-0.1, -0.05) is 46.9 Å². The second kappa shape index (κ2) is 7.69. The van der Waals surface area contributed by atoms with E-state index in [1.165, 1.54) is 6.92 Å². The lowest BCUT2D eigenvalue weighted by Gasteiger charge is -2.18. The van der Waals surface area contributed by atoms with Crippen LogP contribution in [0.25, 0.3) is 10.9 Å². The molecule has 1 amide bonds. The van der Waals surface area contributed by atoms with Crippen LogP contribution in [0.5, 0.6) is 0 Å². The van der Waals surface area contributed by atoms with Crippen LogP contribution in [-0.2, 0) is 11.2 Å². The quantitative estimate of drug-likeness (QED) is 0.544. The molecular formula is C19H17IN2O3. The first-order valence-corrected chi connectivity index (χ1v) is 9.05. The van der Waals surface area contributed by atoms with Crippen molar-refractivity contribution < 1.29 is 14.0 Å². The van der Waals surface area contributed by atoms with Gasteiger partial charge in [-0.05, 0) is 21.8 Å². The Bertz CT molecular complexity index is 925. The lowest BCUT2D eigenvalue weighted by Crippen LogP contribution is -2.32. The third-order valence-corrected chi connectivity index (χ3v) is 4.43. The minimum absolute atomic E-state index is 0.0781. The molecule has 0 bridgehead atoms. The third-order valence-electron chi connectivity index (χ3n) is 3.93. The molecule has 6 heteroatoms. The van der Waals surface area contributed by atoms with Gasteiger partial charge in [-0.3, -0.25) is 19.1 Å². The lowest BCUT2D eigenvalue weighted by molar-refractivity contribution is -0.118. The van der Waals surface area contributed by atoms with Crippen molar-refractivity contribution >= 4 is 51.2 Å². The largest absolute Gasteiger partial charge is 0.448 e. The van der Waals surface area contributed by atoms with E-state index in [4.69, 9.17) is 4.42 Å². The van der Waals surface area contributed by atoms with Crippen molar-refractivity contribution in [1.82, 2.24) is 4.57 Å². The van der Waals surface area contributed by atoms with E-state index in [1.807, 2.05) is 34.4 Å². The van der Waals surface area contributed by atoms with E-state index < -0.39 is 0 Å². The van der Waals surface area contributed by atoms with Crippen molar-refractivity contribution in [2.24, 2.45) is 0 Å². The number of carbonyl (C=O) groups excluding carboxylic acids is 2. The highest BCUT2D eigenvalue weighted by Gasteiger charge is 2.20. The number of hydrogen-bond acceptors (Lipinski definition) is 3. The molecule has 0 saturated carbocycles. The molecule has 128 valence electrons. The zero-order valence-corrected chi connectivity index (χ0v) is 15.8. The topological polar surface area (TPSA) is 55.5 Å². The average Bonchev–Trinajstić information content (AvgIpc) is 3.24. The Morgan fingerprint density at radius 2 is 2.04 bits per heavy atom. The molecule has 3 aromatic rings. The number of carbonyl (C=O) groups is 2. The minimum atomic E-state index is -0.0871. The number of fused-ring (bicyclic) bond motifs is 1. The molecule has 0 fully saturated rings. The second-order valence-electron chi connectivity index (χ2n) is 5.55. The van der Waals surface area contributed by atoms with E-state index in [2.05, 4.69) is 22.6 Å². The fourth-order valence-corrected chi connectivity index (χ4v) is 3.02. The summed E-state index contributed by atoms with van der Waals surface area (Å²) in [5.41, 5.74) is 1.64. The van der Waals surface area contributed by atoms with Gasteiger partial charge in [-0.2, -0.15) is 0 Å². The van der Waals surface area contributed by atoms with Crippen molar-refractivity contribution in [2.75, 3.05) is 11.4 Å². The maximum Gasteiger partial charge on any atom is 0.234 e. The molecule has 0 saturated heterocycles. The Morgan fingerprint density at radius 3 is 2.72 bits per heavy atom. The van der Waals surface area contributed by atoms with Crippen LogP contribution in [0.1, 0.15) is 17.3 Å². The Balaban J connectivity index is 1.94. The molecule has 25 heavy (non-hydrogen) atoms. The van der Waals surface area contributed by atoms with Gasteiger partial charge in [0, 0.05) is 31.1 Å². The van der Waals surface area contributed by atoms with Gasteiger partial charge in [0.15, 0.2) is 0 Å². The maximum atomic E-state index is 12.9. The summed E-state index contributed by atoms with van der Waals surface area (Å²) in [7, 11) is 0. The molecule has 1 aromatic carbocycles. The van der Waals surface area contributed by atoms with E-state index >= 15 is 0 Å². The number of rotatable bonds is 5. The van der Waals surface area contributed by atoms with E-state index in [0.717, 1.165) is 16.5 Å². The summed E-state index contributed by atoms with van der Waals surface area (Å²) in [6, 6.07) is 11.1. The Morgan fingerprint density at radius 1 is 1.24 bits per heavy atom. The van der Waals surface area contributed by atoms with Gasteiger partial charge in [-0.15, -0.1) is 0 Å². The van der Waals surface area contributed by atoms with E-state index in [-0.39, 0.29) is 18.2 Å². The number of halogens is 1. The monoisotopic (exact) mass is 448 g/mol. The first-order valence-electron chi connectivity index (χ1n) is 7.81. The van der Waals surface area contributed by atoms with Crippen molar-refractivity contribution in [3.63, 3.8) is 0 Å².